The maximum absolute atomic E-state index is 11.8. The van der Waals surface area contributed by atoms with Crippen LogP contribution in [-0.4, -0.2) is 19.1 Å². The molecule has 0 amide bonds. The minimum Gasteiger partial charge on any atom is -0.462 e. The summed E-state index contributed by atoms with van der Waals surface area (Å²) in [5.74, 6) is -0.196. The van der Waals surface area contributed by atoms with Gasteiger partial charge >= 0.3 is 5.97 Å². The van der Waals surface area contributed by atoms with E-state index in [4.69, 9.17) is 4.74 Å². The van der Waals surface area contributed by atoms with Crippen LogP contribution in [0, 0.1) is 0 Å². The number of hydrogen-bond donors (Lipinski definition) is 0. The fourth-order valence-electron chi connectivity index (χ4n) is 2.50. The Labute approximate surface area is 122 Å². The van der Waals surface area contributed by atoms with Crippen LogP contribution in [-0.2, 0) is 17.7 Å². The molecular formula is C16H17NO2S. The molecule has 0 radical (unpaired) electrons. The number of carbonyl (C=O) groups excluding carboxylic acids is 1. The standard InChI is InChI=1S/C16H17NO2S/c1-2-19-16(18)15-10-12-11-17(9-8-14(12)20-15)13-6-4-3-5-7-13/h3-7,10H,2,8-9,11H2,1H3. The summed E-state index contributed by atoms with van der Waals surface area (Å²) >= 11 is 1.58. The van der Waals surface area contributed by atoms with Crippen LogP contribution in [0.1, 0.15) is 27.0 Å². The van der Waals surface area contributed by atoms with Crippen molar-refractivity contribution in [3.8, 4) is 0 Å². The second-order valence-electron chi connectivity index (χ2n) is 4.79. The molecule has 0 N–H and O–H groups in total. The Bertz CT molecular complexity index is 606. The molecule has 1 aromatic carbocycles. The number of carbonyl (C=O) groups is 1. The van der Waals surface area contributed by atoms with E-state index in [2.05, 4.69) is 29.2 Å². The van der Waals surface area contributed by atoms with Gasteiger partial charge in [-0.05, 0) is 37.1 Å². The first kappa shape index (κ1) is 13.2. The Balaban J connectivity index is 1.80. The minimum atomic E-state index is -0.196. The van der Waals surface area contributed by atoms with Gasteiger partial charge < -0.3 is 9.64 Å². The largest absolute Gasteiger partial charge is 0.462 e. The third kappa shape index (κ3) is 2.56. The SMILES string of the molecule is CCOC(=O)c1cc2c(s1)CCN(c1ccccc1)C2. The molecule has 0 saturated heterocycles. The fraction of sp³-hybridized carbons (Fsp3) is 0.312. The lowest BCUT2D eigenvalue weighted by Crippen LogP contribution is -2.29. The third-order valence-corrected chi connectivity index (χ3v) is 4.68. The highest BCUT2D eigenvalue weighted by Crippen LogP contribution is 2.30. The molecule has 2 heterocycles. The summed E-state index contributed by atoms with van der Waals surface area (Å²) in [5, 5.41) is 0. The lowest BCUT2D eigenvalue weighted by Gasteiger charge is -2.28. The Morgan fingerprint density at radius 2 is 2.15 bits per heavy atom. The molecule has 0 aliphatic carbocycles. The molecule has 4 heteroatoms. The number of benzene rings is 1. The average molecular weight is 287 g/mol. The van der Waals surface area contributed by atoms with Crippen LogP contribution >= 0.6 is 11.3 Å². The number of nitrogens with zero attached hydrogens (tertiary/aromatic N) is 1. The van der Waals surface area contributed by atoms with E-state index in [9.17, 15) is 4.79 Å². The van der Waals surface area contributed by atoms with Crippen molar-refractivity contribution >= 4 is 23.0 Å². The molecule has 20 heavy (non-hydrogen) atoms. The number of ether oxygens (including phenoxy) is 1. The molecule has 3 rings (SSSR count). The van der Waals surface area contributed by atoms with E-state index in [-0.39, 0.29) is 5.97 Å². The number of esters is 1. The maximum atomic E-state index is 11.8. The van der Waals surface area contributed by atoms with Crippen LogP contribution in [0.3, 0.4) is 0 Å². The summed E-state index contributed by atoms with van der Waals surface area (Å²) in [7, 11) is 0. The number of rotatable bonds is 3. The molecule has 2 aromatic rings. The number of anilines is 1. The summed E-state index contributed by atoms with van der Waals surface area (Å²) in [6, 6.07) is 12.4. The first-order valence-corrected chi connectivity index (χ1v) is 7.68. The van der Waals surface area contributed by atoms with Crippen LogP contribution in [0.4, 0.5) is 5.69 Å². The zero-order chi connectivity index (χ0) is 13.9. The van der Waals surface area contributed by atoms with Crippen molar-refractivity contribution in [2.24, 2.45) is 0 Å². The van der Waals surface area contributed by atoms with Crippen LogP contribution in [0.15, 0.2) is 36.4 Å². The van der Waals surface area contributed by atoms with Crippen molar-refractivity contribution in [3.05, 3.63) is 51.7 Å². The monoisotopic (exact) mass is 287 g/mol. The first-order chi connectivity index (χ1) is 9.78. The van der Waals surface area contributed by atoms with Crippen LogP contribution in [0.2, 0.25) is 0 Å². The molecule has 0 atom stereocenters. The van der Waals surface area contributed by atoms with E-state index >= 15 is 0 Å². The van der Waals surface area contributed by atoms with Crippen molar-refractivity contribution in [1.29, 1.82) is 0 Å². The maximum Gasteiger partial charge on any atom is 0.348 e. The molecule has 1 aromatic heterocycles. The van der Waals surface area contributed by atoms with Crippen molar-refractivity contribution in [1.82, 2.24) is 0 Å². The molecule has 1 aliphatic rings. The van der Waals surface area contributed by atoms with Gasteiger partial charge in [-0.25, -0.2) is 4.79 Å². The molecular weight excluding hydrogens is 270 g/mol. The lowest BCUT2D eigenvalue weighted by atomic mass is 10.1. The van der Waals surface area contributed by atoms with Gasteiger partial charge in [0.1, 0.15) is 4.88 Å². The molecule has 104 valence electrons. The van der Waals surface area contributed by atoms with E-state index in [1.807, 2.05) is 19.1 Å². The normalized spacial score (nSPS) is 13.9. The number of hydrogen-bond acceptors (Lipinski definition) is 4. The second kappa shape index (κ2) is 5.67. The molecule has 0 fully saturated rings. The van der Waals surface area contributed by atoms with Crippen molar-refractivity contribution in [2.75, 3.05) is 18.1 Å². The van der Waals surface area contributed by atoms with Gasteiger partial charge in [-0.1, -0.05) is 18.2 Å². The highest BCUT2D eigenvalue weighted by molar-refractivity contribution is 7.14. The zero-order valence-electron chi connectivity index (χ0n) is 11.5. The average Bonchev–Trinajstić information content (AvgIpc) is 2.91. The van der Waals surface area contributed by atoms with E-state index in [1.165, 1.54) is 16.1 Å². The highest BCUT2D eigenvalue weighted by Gasteiger charge is 2.21. The summed E-state index contributed by atoms with van der Waals surface area (Å²) < 4.78 is 5.08. The van der Waals surface area contributed by atoms with Gasteiger partial charge in [0.15, 0.2) is 0 Å². The van der Waals surface area contributed by atoms with Gasteiger partial charge in [-0.15, -0.1) is 11.3 Å². The summed E-state index contributed by atoms with van der Waals surface area (Å²) in [4.78, 5) is 16.2. The van der Waals surface area contributed by atoms with Crippen molar-refractivity contribution in [2.45, 2.75) is 19.9 Å². The molecule has 0 unspecified atom stereocenters. The molecule has 3 nitrogen and oxygen atoms in total. The van der Waals surface area contributed by atoms with E-state index in [1.54, 1.807) is 11.3 Å². The van der Waals surface area contributed by atoms with Gasteiger partial charge in [0, 0.05) is 23.7 Å². The van der Waals surface area contributed by atoms with E-state index in [0.717, 1.165) is 24.4 Å². The predicted octanol–water partition coefficient (Wildman–Crippen LogP) is 3.49. The van der Waals surface area contributed by atoms with Gasteiger partial charge in [0.2, 0.25) is 0 Å². The Morgan fingerprint density at radius 3 is 2.90 bits per heavy atom. The number of fused-ring (bicyclic) bond motifs is 1. The van der Waals surface area contributed by atoms with Crippen molar-refractivity contribution in [3.63, 3.8) is 0 Å². The molecule has 0 saturated carbocycles. The zero-order valence-corrected chi connectivity index (χ0v) is 12.3. The summed E-state index contributed by atoms with van der Waals surface area (Å²) in [6.07, 6.45) is 0.994. The smallest absolute Gasteiger partial charge is 0.348 e. The van der Waals surface area contributed by atoms with E-state index in [0.29, 0.717) is 6.61 Å². The van der Waals surface area contributed by atoms with Gasteiger partial charge in [0.05, 0.1) is 6.61 Å². The van der Waals surface area contributed by atoms with Crippen LogP contribution in [0.25, 0.3) is 0 Å². The van der Waals surface area contributed by atoms with E-state index < -0.39 is 0 Å². The molecule has 0 spiro atoms. The first-order valence-electron chi connectivity index (χ1n) is 6.86. The van der Waals surface area contributed by atoms with Gasteiger partial charge in [0.25, 0.3) is 0 Å². The summed E-state index contributed by atoms with van der Waals surface area (Å²) in [6.45, 7) is 4.13. The summed E-state index contributed by atoms with van der Waals surface area (Å²) in [5.41, 5.74) is 2.50. The second-order valence-corrected chi connectivity index (χ2v) is 5.92. The lowest BCUT2D eigenvalue weighted by molar-refractivity contribution is 0.0532. The Kier molecular flexibility index (Phi) is 3.74. The van der Waals surface area contributed by atoms with Gasteiger partial charge in [-0.3, -0.25) is 0 Å². The van der Waals surface area contributed by atoms with Crippen LogP contribution < -0.4 is 4.90 Å². The minimum absolute atomic E-state index is 0.196. The quantitative estimate of drug-likeness (QED) is 0.809. The highest BCUT2D eigenvalue weighted by atomic mass is 32.1. The number of thiophene rings is 1. The Morgan fingerprint density at radius 1 is 1.35 bits per heavy atom. The predicted molar refractivity (Wildman–Crippen MR) is 81.5 cm³/mol. The van der Waals surface area contributed by atoms with Crippen molar-refractivity contribution < 1.29 is 9.53 Å². The molecule has 1 aliphatic heterocycles. The van der Waals surface area contributed by atoms with Crippen LogP contribution in [0.5, 0.6) is 0 Å². The topological polar surface area (TPSA) is 29.5 Å². The number of para-hydroxylation sites is 1. The fourth-order valence-corrected chi connectivity index (χ4v) is 3.55. The Hall–Kier alpha value is -1.81. The van der Waals surface area contributed by atoms with Gasteiger partial charge in [-0.2, -0.15) is 0 Å². The third-order valence-electron chi connectivity index (χ3n) is 3.46. The molecule has 0 bridgehead atoms.